The lowest BCUT2D eigenvalue weighted by Crippen LogP contribution is -2.52. The Morgan fingerprint density at radius 2 is 1.76 bits per heavy atom. The van der Waals surface area contributed by atoms with E-state index < -0.39 is 51.2 Å². The standard InChI is InChI=1S/C25H28Cl2F3N3O4S/c1-16(24(35)31-19-8-3-4-9-19)32(14-17-6-5-7-18(26)12-17)23(34)15-33(38(2,36)37)20-10-11-22(27)21(13-20)25(28,29)30/h5-7,10-13,16,19H,3-4,8-9,14-15H2,1-2H3,(H,31,35)/t16-/m0/s1. The third-order valence-corrected chi connectivity index (χ3v) is 8.04. The maximum absolute atomic E-state index is 13.6. The lowest BCUT2D eigenvalue weighted by molar-refractivity contribution is -0.139. The predicted molar refractivity (Wildman–Crippen MR) is 141 cm³/mol. The summed E-state index contributed by atoms with van der Waals surface area (Å²) in [6, 6.07) is 8.16. The van der Waals surface area contributed by atoms with Crippen molar-refractivity contribution in [3.8, 4) is 0 Å². The van der Waals surface area contributed by atoms with Gasteiger partial charge in [0.2, 0.25) is 21.8 Å². The number of anilines is 1. The maximum atomic E-state index is 13.6. The number of carbonyl (C=O) groups excluding carboxylic acids is 2. The molecular weight excluding hydrogens is 566 g/mol. The van der Waals surface area contributed by atoms with Gasteiger partial charge in [-0.25, -0.2) is 8.42 Å². The Bertz CT molecular complexity index is 1280. The van der Waals surface area contributed by atoms with Crippen LogP contribution in [-0.4, -0.2) is 50.0 Å². The van der Waals surface area contributed by atoms with Gasteiger partial charge in [-0.2, -0.15) is 13.2 Å². The molecule has 1 aliphatic carbocycles. The highest BCUT2D eigenvalue weighted by atomic mass is 35.5. The number of nitrogens with one attached hydrogen (secondary N) is 1. The average Bonchev–Trinajstić information content (AvgIpc) is 3.32. The first-order valence-electron chi connectivity index (χ1n) is 11.9. The largest absolute Gasteiger partial charge is 0.417 e. The van der Waals surface area contributed by atoms with Crippen LogP contribution in [0.2, 0.25) is 10.0 Å². The van der Waals surface area contributed by atoms with Crippen molar-refractivity contribution in [2.24, 2.45) is 0 Å². The maximum Gasteiger partial charge on any atom is 0.417 e. The van der Waals surface area contributed by atoms with Gasteiger partial charge in [-0.05, 0) is 55.7 Å². The molecule has 1 atom stereocenters. The van der Waals surface area contributed by atoms with Crippen molar-refractivity contribution in [2.45, 2.75) is 57.4 Å². The molecule has 3 rings (SSSR count). The summed E-state index contributed by atoms with van der Waals surface area (Å²) < 4.78 is 66.1. The zero-order valence-corrected chi connectivity index (χ0v) is 23.1. The van der Waals surface area contributed by atoms with Gasteiger partial charge in [0, 0.05) is 17.6 Å². The van der Waals surface area contributed by atoms with E-state index in [0.29, 0.717) is 21.0 Å². The number of halogens is 5. The average molecular weight is 594 g/mol. The molecule has 208 valence electrons. The molecule has 1 N–H and O–H groups in total. The minimum atomic E-state index is -4.84. The van der Waals surface area contributed by atoms with Crippen molar-refractivity contribution in [2.75, 3.05) is 17.1 Å². The second-order valence-electron chi connectivity index (χ2n) is 9.25. The molecule has 1 fully saturated rings. The van der Waals surface area contributed by atoms with Crippen molar-refractivity contribution < 1.29 is 31.2 Å². The summed E-state index contributed by atoms with van der Waals surface area (Å²) in [6.07, 6.45) is -0.462. The fourth-order valence-electron chi connectivity index (χ4n) is 4.31. The molecule has 0 radical (unpaired) electrons. The van der Waals surface area contributed by atoms with Gasteiger partial charge < -0.3 is 10.2 Å². The zero-order valence-electron chi connectivity index (χ0n) is 20.8. The smallest absolute Gasteiger partial charge is 0.352 e. The first-order chi connectivity index (χ1) is 17.7. The first-order valence-corrected chi connectivity index (χ1v) is 14.5. The van der Waals surface area contributed by atoms with Crippen LogP contribution in [0.5, 0.6) is 0 Å². The van der Waals surface area contributed by atoms with E-state index in [9.17, 15) is 31.2 Å². The van der Waals surface area contributed by atoms with Gasteiger partial charge in [0.25, 0.3) is 0 Å². The molecule has 0 saturated heterocycles. The molecule has 2 aromatic rings. The number of amides is 2. The first kappa shape index (κ1) is 30.0. The van der Waals surface area contributed by atoms with E-state index in [4.69, 9.17) is 23.2 Å². The lowest BCUT2D eigenvalue weighted by atomic mass is 10.1. The van der Waals surface area contributed by atoms with E-state index in [1.54, 1.807) is 24.3 Å². The van der Waals surface area contributed by atoms with E-state index in [1.807, 2.05) is 0 Å². The summed E-state index contributed by atoms with van der Waals surface area (Å²) >= 11 is 11.8. The van der Waals surface area contributed by atoms with Gasteiger partial charge in [-0.15, -0.1) is 0 Å². The molecule has 1 saturated carbocycles. The van der Waals surface area contributed by atoms with Crippen LogP contribution in [0, 0.1) is 0 Å². The van der Waals surface area contributed by atoms with E-state index >= 15 is 0 Å². The quantitative estimate of drug-likeness (QED) is 0.430. The van der Waals surface area contributed by atoms with E-state index in [-0.39, 0.29) is 18.3 Å². The molecule has 13 heteroatoms. The number of benzene rings is 2. The third kappa shape index (κ3) is 7.77. The van der Waals surface area contributed by atoms with Crippen LogP contribution in [0.4, 0.5) is 18.9 Å². The van der Waals surface area contributed by atoms with Crippen LogP contribution in [-0.2, 0) is 32.3 Å². The third-order valence-electron chi connectivity index (χ3n) is 6.33. The number of carbonyl (C=O) groups is 2. The highest BCUT2D eigenvalue weighted by Gasteiger charge is 2.36. The summed E-state index contributed by atoms with van der Waals surface area (Å²) in [5.41, 5.74) is -1.04. The van der Waals surface area contributed by atoms with Crippen LogP contribution >= 0.6 is 23.2 Å². The van der Waals surface area contributed by atoms with Crippen LogP contribution in [0.3, 0.4) is 0 Å². The fourth-order valence-corrected chi connectivity index (χ4v) is 5.58. The minimum absolute atomic E-state index is 0.0181. The van der Waals surface area contributed by atoms with Crippen LogP contribution in [0.25, 0.3) is 0 Å². The zero-order chi connectivity index (χ0) is 28.3. The van der Waals surface area contributed by atoms with E-state index in [1.165, 1.54) is 11.8 Å². The van der Waals surface area contributed by atoms with Crippen LogP contribution < -0.4 is 9.62 Å². The van der Waals surface area contributed by atoms with Crippen molar-refractivity contribution in [3.05, 3.63) is 63.6 Å². The molecule has 7 nitrogen and oxygen atoms in total. The van der Waals surface area contributed by atoms with Crippen molar-refractivity contribution in [3.63, 3.8) is 0 Å². The predicted octanol–water partition coefficient (Wildman–Crippen LogP) is 5.25. The van der Waals surface area contributed by atoms with E-state index in [2.05, 4.69) is 5.32 Å². The summed E-state index contributed by atoms with van der Waals surface area (Å²) in [5.74, 6) is -1.20. The number of nitrogens with zero attached hydrogens (tertiary/aromatic N) is 2. The highest BCUT2D eigenvalue weighted by Crippen LogP contribution is 2.37. The summed E-state index contributed by atoms with van der Waals surface area (Å²) in [7, 11) is -4.21. The van der Waals surface area contributed by atoms with E-state index in [0.717, 1.165) is 44.1 Å². The molecule has 0 heterocycles. The Kier molecular flexibility index (Phi) is 9.59. The monoisotopic (exact) mass is 593 g/mol. The second kappa shape index (κ2) is 12.1. The number of hydrogen-bond donors (Lipinski definition) is 1. The number of alkyl halides is 3. The Morgan fingerprint density at radius 3 is 2.34 bits per heavy atom. The molecule has 2 amide bonds. The molecule has 1 aliphatic rings. The highest BCUT2D eigenvalue weighted by molar-refractivity contribution is 7.92. The molecule has 0 bridgehead atoms. The summed E-state index contributed by atoms with van der Waals surface area (Å²) in [6.45, 7) is 0.603. The van der Waals surface area contributed by atoms with Crippen molar-refractivity contribution in [1.82, 2.24) is 10.2 Å². The Balaban J connectivity index is 1.94. The van der Waals surface area contributed by atoms with Gasteiger partial charge >= 0.3 is 6.18 Å². The van der Waals surface area contributed by atoms with Crippen molar-refractivity contribution >= 4 is 50.7 Å². The van der Waals surface area contributed by atoms with Crippen molar-refractivity contribution in [1.29, 1.82) is 0 Å². The number of sulfonamides is 1. The molecule has 38 heavy (non-hydrogen) atoms. The van der Waals surface area contributed by atoms with Crippen LogP contribution in [0.15, 0.2) is 42.5 Å². The topological polar surface area (TPSA) is 86.8 Å². The molecule has 0 spiro atoms. The van der Waals surface area contributed by atoms with Gasteiger partial charge in [-0.3, -0.25) is 13.9 Å². The Hall–Kier alpha value is -2.50. The molecule has 0 aliphatic heterocycles. The SMILES string of the molecule is C[C@@H](C(=O)NC1CCCC1)N(Cc1cccc(Cl)c1)C(=O)CN(c1ccc(Cl)c(C(F)(F)F)c1)S(C)(=O)=O. The van der Waals surface area contributed by atoms with Crippen LogP contribution in [0.1, 0.15) is 43.7 Å². The second-order valence-corrected chi connectivity index (χ2v) is 12.0. The number of hydrogen-bond acceptors (Lipinski definition) is 4. The Labute approximate surface area is 229 Å². The number of rotatable bonds is 9. The van der Waals surface area contributed by atoms with Gasteiger partial charge in [-0.1, -0.05) is 48.2 Å². The fraction of sp³-hybridized carbons (Fsp3) is 0.440. The summed E-state index contributed by atoms with van der Waals surface area (Å²) in [4.78, 5) is 27.8. The molecule has 2 aromatic carbocycles. The minimum Gasteiger partial charge on any atom is -0.352 e. The van der Waals surface area contributed by atoms with Gasteiger partial charge in [0.05, 0.1) is 22.5 Å². The van der Waals surface area contributed by atoms with Gasteiger partial charge in [0.15, 0.2) is 0 Å². The lowest BCUT2D eigenvalue weighted by Gasteiger charge is -2.32. The normalized spacial score (nSPS) is 15.2. The molecule has 0 unspecified atom stereocenters. The van der Waals surface area contributed by atoms with Gasteiger partial charge in [0.1, 0.15) is 12.6 Å². The summed E-state index contributed by atoms with van der Waals surface area (Å²) in [5, 5.41) is 2.72. The molecule has 0 aromatic heterocycles. The Morgan fingerprint density at radius 1 is 1.11 bits per heavy atom. The molecular formula is C25H28Cl2F3N3O4S.